The van der Waals surface area contributed by atoms with Crippen LogP contribution in [-0.4, -0.2) is 18.2 Å². The maximum absolute atomic E-state index is 6.63. The van der Waals surface area contributed by atoms with Crippen LogP contribution in [0.5, 0.6) is 0 Å². The summed E-state index contributed by atoms with van der Waals surface area (Å²) >= 11 is 0. The number of benzene rings is 1. The van der Waals surface area contributed by atoms with E-state index in [1.165, 1.54) is 12.0 Å². The first-order valence-electron chi connectivity index (χ1n) is 9.64. The molecular formula is C23H37NO. The Balaban J connectivity index is 2.34. The van der Waals surface area contributed by atoms with Gasteiger partial charge in [0.25, 0.3) is 0 Å². The molecule has 0 aromatic heterocycles. The summed E-state index contributed by atoms with van der Waals surface area (Å²) in [5, 5.41) is 3.21. The van der Waals surface area contributed by atoms with Crippen molar-refractivity contribution in [3.05, 3.63) is 42.5 Å². The van der Waals surface area contributed by atoms with Crippen molar-refractivity contribution in [3.8, 4) is 0 Å². The van der Waals surface area contributed by atoms with Crippen LogP contribution in [0.1, 0.15) is 72.3 Å². The van der Waals surface area contributed by atoms with Crippen LogP contribution in [0.4, 0.5) is 5.69 Å². The summed E-state index contributed by atoms with van der Waals surface area (Å²) in [6.07, 6.45) is 5.30. The lowest BCUT2D eigenvalue weighted by molar-refractivity contribution is -0.156. The van der Waals surface area contributed by atoms with Crippen LogP contribution in [0.2, 0.25) is 0 Å². The van der Waals surface area contributed by atoms with Crippen molar-refractivity contribution in [2.24, 2.45) is 11.3 Å². The molecule has 2 rings (SSSR count). The summed E-state index contributed by atoms with van der Waals surface area (Å²) in [6.45, 7) is 17.6. The highest BCUT2D eigenvalue weighted by Crippen LogP contribution is 2.53. The highest BCUT2D eigenvalue weighted by atomic mass is 16.5. The molecule has 140 valence electrons. The van der Waals surface area contributed by atoms with Crippen LogP contribution in [0.15, 0.2) is 36.9 Å². The van der Waals surface area contributed by atoms with Crippen LogP contribution in [0.25, 0.3) is 0 Å². The number of rotatable bonds is 6. The van der Waals surface area contributed by atoms with Gasteiger partial charge in [-0.25, -0.2) is 0 Å². The van der Waals surface area contributed by atoms with Crippen LogP contribution in [-0.2, 0) is 4.74 Å². The lowest BCUT2D eigenvalue weighted by atomic mass is 9.59. The van der Waals surface area contributed by atoms with Gasteiger partial charge in [0.2, 0.25) is 0 Å². The second kappa shape index (κ2) is 7.15. The van der Waals surface area contributed by atoms with Gasteiger partial charge in [-0.1, -0.05) is 39.0 Å². The van der Waals surface area contributed by atoms with Crippen molar-refractivity contribution >= 4 is 5.69 Å². The van der Waals surface area contributed by atoms with Gasteiger partial charge in [-0.2, -0.15) is 0 Å². The van der Waals surface area contributed by atoms with Crippen molar-refractivity contribution < 1.29 is 4.74 Å². The van der Waals surface area contributed by atoms with E-state index in [1.54, 1.807) is 0 Å². The Hall–Kier alpha value is -1.28. The molecule has 25 heavy (non-hydrogen) atoms. The lowest BCUT2D eigenvalue weighted by Gasteiger charge is -2.52. The Kier molecular flexibility index (Phi) is 5.73. The maximum Gasteiger partial charge on any atom is 0.0811 e. The minimum absolute atomic E-state index is 0.138. The van der Waals surface area contributed by atoms with E-state index in [0.717, 1.165) is 18.5 Å². The zero-order valence-electron chi connectivity index (χ0n) is 17.3. The monoisotopic (exact) mass is 343 g/mol. The largest absolute Gasteiger partial charge is 0.388 e. The summed E-state index contributed by atoms with van der Waals surface area (Å²) in [4.78, 5) is 0. The molecule has 0 radical (unpaired) electrons. The third-order valence-electron chi connectivity index (χ3n) is 6.23. The molecule has 1 aromatic rings. The zero-order valence-corrected chi connectivity index (χ0v) is 17.3. The number of nitrogens with one attached hydrogen (secondary N) is 1. The fraction of sp³-hybridized carbons (Fsp3) is 0.652. The van der Waals surface area contributed by atoms with Gasteiger partial charge in [-0.05, 0) is 75.0 Å². The molecule has 3 unspecified atom stereocenters. The van der Waals surface area contributed by atoms with E-state index in [0.29, 0.717) is 11.8 Å². The highest BCUT2D eigenvalue weighted by molar-refractivity contribution is 5.44. The van der Waals surface area contributed by atoms with Gasteiger partial charge in [0.1, 0.15) is 0 Å². The first kappa shape index (κ1) is 20.0. The zero-order chi connectivity index (χ0) is 18.9. The number of ether oxygens (including phenoxy) is 1. The van der Waals surface area contributed by atoms with Gasteiger partial charge in [0.05, 0.1) is 11.2 Å². The fourth-order valence-corrected chi connectivity index (χ4v) is 4.51. The topological polar surface area (TPSA) is 21.3 Å². The summed E-state index contributed by atoms with van der Waals surface area (Å²) in [5.41, 5.74) is 2.43. The van der Waals surface area contributed by atoms with E-state index < -0.39 is 0 Å². The van der Waals surface area contributed by atoms with Crippen molar-refractivity contribution in [1.29, 1.82) is 0 Å². The van der Waals surface area contributed by atoms with Crippen molar-refractivity contribution in [2.45, 2.75) is 77.9 Å². The highest BCUT2D eigenvalue weighted by Gasteiger charge is 2.47. The average Bonchev–Trinajstić information content (AvgIpc) is 2.53. The smallest absolute Gasteiger partial charge is 0.0811 e. The predicted molar refractivity (Wildman–Crippen MR) is 109 cm³/mol. The van der Waals surface area contributed by atoms with E-state index >= 15 is 0 Å². The van der Waals surface area contributed by atoms with Gasteiger partial charge in [-0.3, -0.25) is 0 Å². The molecule has 1 aliphatic rings. The van der Waals surface area contributed by atoms with E-state index in [4.69, 9.17) is 4.74 Å². The minimum atomic E-state index is -0.301. The molecule has 2 nitrogen and oxygen atoms in total. The van der Waals surface area contributed by atoms with E-state index in [9.17, 15) is 0 Å². The summed E-state index contributed by atoms with van der Waals surface area (Å²) in [5.74, 6) is 1.15. The number of hydrogen-bond donors (Lipinski definition) is 1. The molecule has 1 aromatic carbocycles. The molecule has 1 saturated carbocycles. The second-order valence-electron chi connectivity index (χ2n) is 9.32. The van der Waals surface area contributed by atoms with E-state index in [2.05, 4.69) is 77.7 Å². The van der Waals surface area contributed by atoms with Gasteiger partial charge in [-0.15, -0.1) is 6.58 Å². The van der Waals surface area contributed by atoms with Crippen LogP contribution < -0.4 is 5.32 Å². The average molecular weight is 344 g/mol. The summed E-state index contributed by atoms with van der Waals surface area (Å²) < 4.78 is 6.63. The fourth-order valence-electron chi connectivity index (χ4n) is 4.51. The van der Waals surface area contributed by atoms with Crippen molar-refractivity contribution in [2.75, 3.05) is 12.4 Å². The molecule has 0 spiro atoms. The number of anilines is 1. The number of hydrogen-bond acceptors (Lipinski definition) is 2. The first-order valence-corrected chi connectivity index (χ1v) is 9.64. The summed E-state index contributed by atoms with van der Waals surface area (Å²) in [7, 11) is 1.97. The Morgan fingerprint density at radius 3 is 2.28 bits per heavy atom. The van der Waals surface area contributed by atoms with Gasteiger partial charge >= 0.3 is 0 Å². The first-order chi connectivity index (χ1) is 11.5. The molecule has 1 aliphatic carbocycles. The molecule has 0 heterocycles. The van der Waals surface area contributed by atoms with Gasteiger partial charge in [0.15, 0.2) is 0 Å². The Bertz CT molecular complexity index is 589. The maximum atomic E-state index is 6.63. The van der Waals surface area contributed by atoms with Crippen molar-refractivity contribution in [3.63, 3.8) is 0 Å². The van der Waals surface area contributed by atoms with Gasteiger partial charge in [0, 0.05) is 12.7 Å². The Morgan fingerprint density at radius 1 is 1.20 bits per heavy atom. The third kappa shape index (κ3) is 4.67. The lowest BCUT2D eigenvalue weighted by Crippen LogP contribution is -2.48. The molecule has 0 saturated heterocycles. The molecule has 0 bridgehead atoms. The molecule has 1 fully saturated rings. The summed E-state index contributed by atoms with van der Waals surface area (Å²) in [6, 6.07) is 8.92. The minimum Gasteiger partial charge on any atom is -0.388 e. The normalized spacial score (nSPS) is 30.3. The van der Waals surface area contributed by atoms with E-state index in [-0.39, 0.29) is 16.6 Å². The van der Waals surface area contributed by atoms with Crippen LogP contribution >= 0.6 is 0 Å². The standard InChI is InChI=1S/C23H37NO/c1-9-21(4,5)25-23(7)15-19(14-22(6,16-23)17(2)3)18-10-12-20(24-8)13-11-18/h9-13,17,19,24H,1,14-16H2,2-8H3. The quantitative estimate of drug-likeness (QED) is 0.604. The SMILES string of the molecule is C=CC(C)(C)OC1(C)CC(c2ccc(NC)cc2)CC(C)(C(C)C)C1. The van der Waals surface area contributed by atoms with Crippen LogP contribution in [0, 0.1) is 11.3 Å². The molecule has 3 atom stereocenters. The predicted octanol–water partition coefficient (Wildman–Crippen LogP) is 6.40. The van der Waals surface area contributed by atoms with Gasteiger partial charge < -0.3 is 10.1 Å². The van der Waals surface area contributed by atoms with Crippen LogP contribution in [0.3, 0.4) is 0 Å². The molecule has 0 aliphatic heterocycles. The molecule has 2 heteroatoms. The Morgan fingerprint density at radius 2 is 1.80 bits per heavy atom. The molecular weight excluding hydrogens is 306 g/mol. The molecule has 1 N–H and O–H groups in total. The molecule has 0 amide bonds. The Labute approximate surface area is 155 Å². The van der Waals surface area contributed by atoms with E-state index in [1.807, 2.05) is 13.1 Å². The second-order valence-corrected chi connectivity index (χ2v) is 9.32. The van der Waals surface area contributed by atoms with Crippen molar-refractivity contribution in [1.82, 2.24) is 0 Å². The third-order valence-corrected chi connectivity index (χ3v) is 6.23.